The van der Waals surface area contributed by atoms with Crippen LogP contribution in [0.15, 0.2) is 41.1 Å². The van der Waals surface area contributed by atoms with Gasteiger partial charge in [0.05, 0.1) is 17.7 Å². The topological polar surface area (TPSA) is 118 Å². The second-order valence-corrected chi connectivity index (χ2v) is 6.54. The summed E-state index contributed by atoms with van der Waals surface area (Å²) in [5.74, 6) is -2.76. The van der Waals surface area contributed by atoms with Crippen molar-refractivity contribution >= 4 is 17.1 Å². The van der Waals surface area contributed by atoms with Crippen molar-refractivity contribution in [2.75, 3.05) is 13.1 Å². The first-order valence-electron chi connectivity index (χ1n) is 8.66. The van der Waals surface area contributed by atoms with E-state index in [1.807, 2.05) is 24.3 Å². The van der Waals surface area contributed by atoms with Gasteiger partial charge in [-0.3, -0.25) is 4.90 Å². The summed E-state index contributed by atoms with van der Waals surface area (Å²) in [5, 5.41) is 16.7. The van der Waals surface area contributed by atoms with Crippen LogP contribution in [0.5, 0.6) is 0 Å². The maximum atomic E-state index is 10.6. The van der Waals surface area contributed by atoms with Crippen LogP contribution in [-0.2, 0) is 11.3 Å². The van der Waals surface area contributed by atoms with Crippen molar-refractivity contribution in [1.29, 1.82) is 0 Å². The van der Waals surface area contributed by atoms with Crippen molar-refractivity contribution in [3.63, 3.8) is 0 Å². The fourth-order valence-electron chi connectivity index (χ4n) is 2.83. The van der Waals surface area contributed by atoms with Gasteiger partial charge in [-0.25, -0.2) is 9.78 Å². The van der Waals surface area contributed by atoms with Gasteiger partial charge in [0.2, 0.25) is 5.71 Å². The molecule has 3 aromatic heterocycles. The predicted molar refractivity (Wildman–Crippen MR) is 96.6 cm³/mol. The number of alkyl halides is 3. The summed E-state index contributed by atoms with van der Waals surface area (Å²) in [4.78, 5) is 15.5. The van der Waals surface area contributed by atoms with Gasteiger partial charge < -0.3 is 15.3 Å². The summed E-state index contributed by atoms with van der Waals surface area (Å²) in [7, 11) is 0. The Morgan fingerprint density at radius 3 is 2.66 bits per heavy atom. The summed E-state index contributed by atoms with van der Waals surface area (Å²) >= 11 is 0. The van der Waals surface area contributed by atoms with Gasteiger partial charge in [0.1, 0.15) is 0 Å². The molecule has 3 N–H and O–H groups in total. The molecule has 1 aliphatic heterocycles. The van der Waals surface area contributed by atoms with Crippen LogP contribution < -0.4 is 5.73 Å². The van der Waals surface area contributed by atoms with E-state index < -0.39 is 12.1 Å². The van der Waals surface area contributed by atoms with E-state index in [1.54, 1.807) is 12.5 Å². The Morgan fingerprint density at radius 1 is 1.31 bits per heavy atom. The molecule has 4 heterocycles. The molecule has 11 heteroatoms. The Morgan fingerprint density at radius 2 is 2.07 bits per heavy atom. The minimum absolute atomic E-state index is 0.292. The average molecular weight is 409 g/mol. The number of carboxylic acid groups (broad SMARTS) is 1. The minimum atomic E-state index is -5.08. The molecule has 154 valence electrons. The van der Waals surface area contributed by atoms with Gasteiger partial charge >= 0.3 is 12.1 Å². The summed E-state index contributed by atoms with van der Waals surface area (Å²) in [6.45, 7) is 2.77. The maximum absolute atomic E-state index is 10.6. The van der Waals surface area contributed by atoms with E-state index in [1.165, 1.54) is 0 Å². The van der Waals surface area contributed by atoms with Crippen molar-refractivity contribution in [3.05, 3.63) is 42.4 Å². The number of carboxylic acids is 1. The summed E-state index contributed by atoms with van der Waals surface area (Å²) in [5.41, 5.74) is 9.29. The van der Waals surface area contributed by atoms with Crippen LogP contribution in [-0.4, -0.2) is 56.5 Å². The fraction of sp³-hybridized carbons (Fsp3) is 0.333. The lowest BCUT2D eigenvalue weighted by Crippen LogP contribution is -2.26. The number of aromatic nitrogens is 3. The monoisotopic (exact) mass is 409 g/mol. The van der Waals surface area contributed by atoms with Crippen LogP contribution in [0.2, 0.25) is 0 Å². The predicted octanol–water partition coefficient (Wildman–Crippen LogP) is 2.45. The van der Waals surface area contributed by atoms with Gasteiger partial charge in [-0.1, -0.05) is 0 Å². The molecule has 1 unspecified atom stereocenters. The Bertz CT molecular complexity index is 975. The first kappa shape index (κ1) is 20.7. The molecule has 4 rings (SSSR count). The number of hydrogen-bond acceptors (Lipinski definition) is 7. The second kappa shape index (κ2) is 8.53. The minimum Gasteiger partial charge on any atom is -0.475 e. The van der Waals surface area contributed by atoms with Gasteiger partial charge in [-0.15, -0.1) is 0 Å². The molecule has 1 atom stereocenters. The number of nitrogens with two attached hydrogens (primary N) is 1. The normalized spacial score (nSPS) is 17.2. The van der Waals surface area contributed by atoms with E-state index in [4.69, 9.17) is 20.1 Å². The average Bonchev–Trinajstić information content (AvgIpc) is 3.30. The zero-order valence-electron chi connectivity index (χ0n) is 15.1. The summed E-state index contributed by atoms with van der Waals surface area (Å²) in [6.07, 6.45) is -0.631. The third-order valence-electron chi connectivity index (χ3n) is 4.26. The molecule has 3 aromatic rings. The van der Waals surface area contributed by atoms with Gasteiger partial charge in [0.25, 0.3) is 0 Å². The van der Waals surface area contributed by atoms with E-state index in [9.17, 15) is 13.2 Å². The van der Waals surface area contributed by atoms with Gasteiger partial charge in [0.15, 0.2) is 0 Å². The van der Waals surface area contributed by atoms with Crippen LogP contribution in [0.4, 0.5) is 13.2 Å². The number of likely N-dealkylation sites (tertiary alicyclic amines) is 1. The van der Waals surface area contributed by atoms with Crippen LogP contribution in [0.3, 0.4) is 0 Å². The number of rotatable bonds is 3. The zero-order valence-corrected chi connectivity index (χ0v) is 15.1. The van der Waals surface area contributed by atoms with Crippen LogP contribution in [0.1, 0.15) is 12.1 Å². The van der Waals surface area contributed by atoms with Gasteiger partial charge in [-0.05, 0) is 30.7 Å². The summed E-state index contributed by atoms with van der Waals surface area (Å²) < 4.78 is 37.0. The molecule has 0 bridgehead atoms. The number of aliphatic carboxylic acids is 1. The molecule has 1 fully saturated rings. The van der Waals surface area contributed by atoms with E-state index in [2.05, 4.69) is 20.1 Å². The Hall–Kier alpha value is -3.05. The smallest absolute Gasteiger partial charge is 0.475 e. The number of fused-ring (bicyclic) bond motifs is 1. The zero-order chi connectivity index (χ0) is 21.0. The molecule has 0 spiro atoms. The lowest BCUT2D eigenvalue weighted by atomic mass is 10.1. The second-order valence-electron chi connectivity index (χ2n) is 6.54. The molecule has 0 aliphatic carbocycles. The molecule has 1 saturated heterocycles. The molecule has 29 heavy (non-hydrogen) atoms. The van der Waals surface area contributed by atoms with E-state index >= 15 is 0 Å². The number of furan rings is 1. The van der Waals surface area contributed by atoms with Crippen LogP contribution >= 0.6 is 0 Å². The molecular weight excluding hydrogens is 391 g/mol. The Balaban J connectivity index is 0.000000298. The first-order valence-corrected chi connectivity index (χ1v) is 8.66. The highest BCUT2D eigenvalue weighted by atomic mass is 19.4. The van der Waals surface area contributed by atoms with Crippen molar-refractivity contribution < 1.29 is 27.5 Å². The lowest BCUT2D eigenvalue weighted by molar-refractivity contribution is -0.192. The summed E-state index contributed by atoms with van der Waals surface area (Å²) in [6, 6.07) is 8.20. The molecule has 0 aromatic carbocycles. The number of carbonyl (C=O) groups is 1. The highest BCUT2D eigenvalue weighted by Gasteiger charge is 2.38. The number of halogens is 3. The van der Waals surface area contributed by atoms with E-state index in [0.717, 1.165) is 48.4 Å². The maximum Gasteiger partial charge on any atom is 0.490 e. The molecular formula is C18H18F3N5O3. The molecule has 0 radical (unpaired) electrons. The van der Waals surface area contributed by atoms with Crippen LogP contribution in [0, 0.1) is 0 Å². The van der Waals surface area contributed by atoms with Crippen molar-refractivity contribution in [3.8, 4) is 11.3 Å². The van der Waals surface area contributed by atoms with Gasteiger partial charge in [0, 0.05) is 42.8 Å². The molecule has 0 amide bonds. The van der Waals surface area contributed by atoms with Crippen molar-refractivity contribution in [1.82, 2.24) is 20.1 Å². The highest BCUT2D eigenvalue weighted by molar-refractivity contribution is 5.78. The van der Waals surface area contributed by atoms with E-state index in [0.29, 0.717) is 11.8 Å². The Labute approximate surface area is 163 Å². The SMILES string of the molecule is NC1CCN(Cc2ccc(-c3cnc4occc4c3)nn2)C1.O=C(O)C(F)(F)F. The molecule has 1 aliphatic rings. The number of pyridine rings is 1. The van der Waals surface area contributed by atoms with Crippen molar-refractivity contribution in [2.24, 2.45) is 5.73 Å². The number of hydrogen-bond donors (Lipinski definition) is 2. The number of nitrogens with zero attached hydrogens (tertiary/aromatic N) is 4. The lowest BCUT2D eigenvalue weighted by Gasteiger charge is -2.13. The molecule has 0 saturated carbocycles. The standard InChI is InChI=1S/C16H17N5O.C2HF3O2/c17-13-3-5-21(9-13)10-14-1-2-15(20-19-14)12-7-11-4-6-22-16(11)18-8-12;3-2(4,5)1(6)7/h1-2,4,6-8,13H,3,5,9-10,17H2;(H,6,7). The highest BCUT2D eigenvalue weighted by Crippen LogP contribution is 2.21. The Kier molecular flexibility index (Phi) is 6.09. The quantitative estimate of drug-likeness (QED) is 0.677. The molecule has 8 nitrogen and oxygen atoms in total. The third kappa shape index (κ3) is 5.48. The largest absolute Gasteiger partial charge is 0.490 e. The third-order valence-corrected chi connectivity index (χ3v) is 4.26. The first-order chi connectivity index (χ1) is 13.7. The van der Waals surface area contributed by atoms with Gasteiger partial charge in [-0.2, -0.15) is 23.4 Å². The fourth-order valence-corrected chi connectivity index (χ4v) is 2.83. The van der Waals surface area contributed by atoms with Crippen LogP contribution in [0.25, 0.3) is 22.4 Å². The van der Waals surface area contributed by atoms with E-state index in [-0.39, 0.29) is 0 Å². The van der Waals surface area contributed by atoms with Crippen molar-refractivity contribution in [2.45, 2.75) is 25.2 Å².